The maximum absolute atomic E-state index is 12.1. The van der Waals surface area contributed by atoms with Crippen LogP contribution in [0.4, 0.5) is 5.69 Å². The van der Waals surface area contributed by atoms with Crippen molar-refractivity contribution in [1.29, 1.82) is 0 Å². The third kappa shape index (κ3) is 2.94. The molecule has 1 atom stereocenters. The fourth-order valence-corrected chi connectivity index (χ4v) is 2.14. The summed E-state index contributed by atoms with van der Waals surface area (Å²) in [6.07, 6.45) is 0. The molecule has 0 aliphatic heterocycles. The van der Waals surface area contributed by atoms with Crippen molar-refractivity contribution in [2.75, 3.05) is 5.32 Å². The topological polar surface area (TPSA) is 49.3 Å². The number of nitrogens with one attached hydrogen (secondary N) is 1. The van der Waals surface area contributed by atoms with E-state index in [1.54, 1.807) is 31.2 Å². The minimum Gasteiger partial charge on any atom is -0.507 e. The van der Waals surface area contributed by atoms with E-state index < -0.39 is 5.38 Å². The predicted octanol–water partition coefficient (Wildman–Crippen LogP) is 3.93. The third-order valence-electron chi connectivity index (χ3n) is 3.21. The number of anilines is 1. The maximum Gasteiger partial charge on any atom is 0.246 e. The summed E-state index contributed by atoms with van der Waals surface area (Å²) in [4.78, 5) is 12.1. The van der Waals surface area contributed by atoms with Crippen LogP contribution in [-0.2, 0) is 4.79 Å². The van der Waals surface area contributed by atoms with Crippen LogP contribution in [0.2, 0.25) is 0 Å². The van der Waals surface area contributed by atoms with E-state index in [0.29, 0.717) is 11.3 Å². The van der Waals surface area contributed by atoms with E-state index in [4.69, 9.17) is 11.6 Å². The van der Waals surface area contributed by atoms with Crippen LogP contribution in [0.3, 0.4) is 0 Å². The molecule has 4 heteroatoms. The van der Waals surface area contributed by atoms with E-state index in [9.17, 15) is 9.90 Å². The van der Waals surface area contributed by atoms with Gasteiger partial charge in [0, 0.05) is 11.3 Å². The summed E-state index contributed by atoms with van der Waals surface area (Å²) >= 11 is 6.16. The second kappa shape index (κ2) is 5.97. The summed E-state index contributed by atoms with van der Waals surface area (Å²) in [5.41, 5.74) is 2.71. The largest absolute Gasteiger partial charge is 0.507 e. The molecule has 0 saturated heterocycles. The number of hydrogen-bond donors (Lipinski definition) is 2. The fraction of sp³-hybridized carbons (Fsp3) is 0.188. The lowest BCUT2D eigenvalue weighted by atomic mass is 10.1. The fourth-order valence-electron chi connectivity index (χ4n) is 1.94. The first-order valence-corrected chi connectivity index (χ1v) is 6.73. The van der Waals surface area contributed by atoms with Crippen LogP contribution < -0.4 is 5.32 Å². The lowest BCUT2D eigenvalue weighted by molar-refractivity contribution is -0.116. The summed E-state index contributed by atoms with van der Waals surface area (Å²) < 4.78 is 0. The zero-order chi connectivity index (χ0) is 14.7. The molecule has 0 fully saturated rings. The summed E-state index contributed by atoms with van der Waals surface area (Å²) in [5.74, 6) is -0.127. The molecule has 2 rings (SSSR count). The molecule has 104 valence electrons. The van der Waals surface area contributed by atoms with E-state index in [0.717, 1.165) is 11.1 Å². The Hall–Kier alpha value is -2.00. The summed E-state index contributed by atoms with van der Waals surface area (Å²) in [5, 5.41) is 11.9. The van der Waals surface area contributed by atoms with Crippen molar-refractivity contribution in [2.24, 2.45) is 0 Å². The number of phenols is 1. The minimum absolute atomic E-state index is 0.189. The van der Waals surface area contributed by atoms with Crippen molar-refractivity contribution >= 4 is 23.2 Å². The van der Waals surface area contributed by atoms with Crippen molar-refractivity contribution in [3.05, 3.63) is 59.2 Å². The molecule has 0 radical (unpaired) electrons. The van der Waals surface area contributed by atoms with Crippen molar-refractivity contribution in [2.45, 2.75) is 19.2 Å². The van der Waals surface area contributed by atoms with Crippen molar-refractivity contribution < 1.29 is 9.90 Å². The number of hydrogen-bond acceptors (Lipinski definition) is 2. The monoisotopic (exact) mass is 289 g/mol. The number of amides is 1. The van der Waals surface area contributed by atoms with Gasteiger partial charge in [0.05, 0.1) is 0 Å². The molecule has 0 aliphatic rings. The lowest BCUT2D eigenvalue weighted by Crippen LogP contribution is -2.18. The quantitative estimate of drug-likeness (QED) is 0.841. The van der Waals surface area contributed by atoms with Gasteiger partial charge in [0.1, 0.15) is 11.1 Å². The van der Waals surface area contributed by atoms with Crippen LogP contribution in [0.15, 0.2) is 42.5 Å². The number of rotatable bonds is 3. The zero-order valence-electron chi connectivity index (χ0n) is 11.4. The first-order valence-electron chi connectivity index (χ1n) is 6.29. The molecule has 2 aromatic carbocycles. The Labute approximate surface area is 123 Å². The predicted molar refractivity (Wildman–Crippen MR) is 81.2 cm³/mol. The Bertz CT molecular complexity index is 626. The van der Waals surface area contributed by atoms with Crippen molar-refractivity contribution in [3.8, 4) is 5.75 Å². The average Bonchev–Trinajstić information content (AvgIpc) is 2.48. The molecule has 0 heterocycles. The van der Waals surface area contributed by atoms with Gasteiger partial charge in [-0.25, -0.2) is 0 Å². The normalized spacial score (nSPS) is 11.9. The number of benzene rings is 2. The second-order valence-corrected chi connectivity index (χ2v) is 5.10. The highest BCUT2D eigenvalue weighted by atomic mass is 35.5. The van der Waals surface area contributed by atoms with Gasteiger partial charge < -0.3 is 10.4 Å². The van der Waals surface area contributed by atoms with E-state index in [1.165, 1.54) is 0 Å². The van der Waals surface area contributed by atoms with Crippen LogP contribution in [0.1, 0.15) is 22.1 Å². The molecule has 1 amide bonds. The van der Waals surface area contributed by atoms with Crippen molar-refractivity contribution in [1.82, 2.24) is 0 Å². The van der Waals surface area contributed by atoms with E-state index in [-0.39, 0.29) is 11.7 Å². The minimum atomic E-state index is -0.765. The molecule has 2 N–H and O–H groups in total. The highest BCUT2D eigenvalue weighted by molar-refractivity contribution is 6.32. The molecule has 2 aromatic rings. The highest BCUT2D eigenvalue weighted by Gasteiger charge is 2.18. The van der Waals surface area contributed by atoms with Crippen molar-refractivity contribution in [3.63, 3.8) is 0 Å². The Morgan fingerprint density at radius 2 is 1.80 bits per heavy atom. The van der Waals surface area contributed by atoms with Gasteiger partial charge >= 0.3 is 0 Å². The Morgan fingerprint density at radius 3 is 2.45 bits per heavy atom. The number of alkyl halides is 1. The van der Waals surface area contributed by atoms with E-state index >= 15 is 0 Å². The van der Waals surface area contributed by atoms with Gasteiger partial charge in [0.25, 0.3) is 0 Å². The number of aromatic hydroxyl groups is 1. The third-order valence-corrected chi connectivity index (χ3v) is 3.66. The van der Waals surface area contributed by atoms with E-state index in [1.807, 2.05) is 25.1 Å². The lowest BCUT2D eigenvalue weighted by Gasteiger charge is -2.14. The van der Waals surface area contributed by atoms with Gasteiger partial charge in [-0.05, 0) is 31.0 Å². The smallest absolute Gasteiger partial charge is 0.246 e. The Kier molecular flexibility index (Phi) is 4.30. The van der Waals surface area contributed by atoms with Gasteiger partial charge in [-0.2, -0.15) is 0 Å². The number of carbonyl (C=O) groups excluding carboxylic acids is 1. The van der Waals surface area contributed by atoms with Gasteiger partial charge in [0.15, 0.2) is 0 Å². The molecule has 3 nitrogen and oxygen atoms in total. The van der Waals surface area contributed by atoms with E-state index in [2.05, 4.69) is 5.32 Å². The molecule has 0 saturated carbocycles. The first-order chi connectivity index (χ1) is 9.50. The second-order valence-electron chi connectivity index (χ2n) is 4.67. The number of aryl methyl sites for hydroxylation is 1. The van der Waals surface area contributed by atoms with Gasteiger partial charge in [0.2, 0.25) is 5.91 Å². The van der Waals surface area contributed by atoms with Crippen LogP contribution in [0, 0.1) is 13.8 Å². The summed E-state index contributed by atoms with van der Waals surface area (Å²) in [7, 11) is 0. The van der Waals surface area contributed by atoms with Crippen LogP contribution in [-0.4, -0.2) is 11.0 Å². The van der Waals surface area contributed by atoms with Gasteiger partial charge in [-0.3, -0.25) is 4.79 Å². The molecule has 0 spiro atoms. The van der Waals surface area contributed by atoms with Gasteiger partial charge in [-0.1, -0.05) is 36.4 Å². The maximum atomic E-state index is 12.1. The van der Waals surface area contributed by atoms with Gasteiger partial charge in [-0.15, -0.1) is 11.6 Å². The standard InChI is InChI=1S/C16H16ClNO2/c1-10-8-9-13(11(2)15(10)19)18-16(20)14(17)12-6-4-3-5-7-12/h3-9,14,19H,1-2H3,(H,18,20). The van der Waals surface area contributed by atoms with Crippen LogP contribution in [0.25, 0.3) is 0 Å². The summed E-state index contributed by atoms with van der Waals surface area (Å²) in [6.45, 7) is 3.56. The molecule has 1 unspecified atom stereocenters. The molecule has 0 bridgehead atoms. The number of carbonyl (C=O) groups is 1. The molecular weight excluding hydrogens is 274 g/mol. The molecule has 20 heavy (non-hydrogen) atoms. The number of halogens is 1. The highest BCUT2D eigenvalue weighted by Crippen LogP contribution is 2.29. The molecule has 0 aromatic heterocycles. The SMILES string of the molecule is Cc1ccc(NC(=O)C(Cl)c2ccccc2)c(C)c1O. The molecule has 0 aliphatic carbocycles. The van der Waals surface area contributed by atoms with Crippen LogP contribution in [0.5, 0.6) is 5.75 Å². The Balaban J connectivity index is 2.18. The molecular formula is C16H16ClNO2. The number of phenolic OH excluding ortho intramolecular Hbond substituents is 1. The average molecular weight is 290 g/mol. The first kappa shape index (κ1) is 14.4. The summed E-state index contributed by atoms with van der Waals surface area (Å²) in [6, 6.07) is 12.7. The zero-order valence-corrected chi connectivity index (χ0v) is 12.1. The Morgan fingerprint density at radius 1 is 1.15 bits per heavy atom. The van der Waals surface area contributed by atoms with Crippen LogP contribution >= 0.6 is 11.6 Å².